The molecule has 0 aliphatic carbocycles. The smallest absolute Gasteiger partial charge is 0.254 e. The molecule has 116 valence electrons. The van der Waals surface area contributed by atoms with Gasteiger partial charge >= 0.3 is 0 Å². The van der Waals surface area contributed by atoms with E-state index in [1.807, 2.05) is 45.9 Å². The van der Waals surface area contributed by atoms with Crippen molar-refractivity contribution in [3.63, 3.8) is 0 Å². The first-order valence-corrected chi connectivity index (χ1v) is 9.00. The Labute approximate surface area is 127 Å². The molecule has 1 heterocycles. The summed E-state index contributed by atoms with van der Waals surface area (Å²) in [5, 5.41) is -0.394. The predicted molar refractivity (Wildman–Crippen MR) is 84.2 cm³/mol. The van der Waals surface area contributed by atoms with E-state index >= 15 is 0 Å². The standard InChI is InChI=1S/C16H23NO3S/c1-11(2)10-21(19,20)14-8-17(9-14)16(18)15-6-5-12(3)7-13(15)4/h5-7,11,14H,8-10H2,1-4H3. The first-order chi connectivity index (χ1) is 9.70. The minimum atomic E-state index is -3.08. The van der Waals surface area contributed by atoms with Gasteiger partial charge in [-0.05, 0) is 31.4 Å². The highest BCUT2D eigenvalue weighted by molar-refractivity contribution is 7.92. The molecule has 0 saturated carbocycles. The van der Waals surface area contributed by atoms with Gasteiger partial charge in [0.15, 0.2) is 9.84 Å². The topological polar surface area (TPSA) is 54.5 Å². The summed E-state index contributed by atoms with van der Waals surface area (Å²) in [4.78, 5) is 14.0. The lowest BCUT2D eigenvalue weighted by molar-refractivity contribution is 0.0658. The summed E-state index contributed by atoms with van der Waals surface area (Å²) in [5.41, 5.74) is 2.72. The molecule has 0 bridgehead atoms. The summed E-state index contributed by atoms with van der Waals surface area (Å²) in [5.74, 6) is 0.256. The van der Waals surface area contributed by atoms with Crippen LogP contribution in [-0.2, 0) is 9.84 Å². The molecule has 0 spiro atoms. The number of nitrogens with zero attached hydrogens (tertiary/aromatic N) is 1. The molecular formula is C16H23NO3S. The second kappa shape index (κ2) is 5.79. The van der Waals surface area contributed by atoms with Gasteiger partial charge < -0.3 is 4.90 Å². The average molecular weight is 309 g/mol. The molecule has 0 N–H and O–H groups in total. The number of benzene rings is 1. The van der Waals surface area contributed by atoms with Crippen molar-refractivity contribution in [1.29, 1.82) is 0 Å². The number of hydrogen-bond donors (Lipinski definition) is 0. The van der Waals surface area contributed by atoms with Crippen molar-refractivity contribution in [2.75, 3.05) is 18.8 Å². The molecule has 0 radical (unpaired) electrons. The molecule has 1 saturated heterocycles. The van der Waals surface area contributed by atoms with Crippen LogP contribution in [0, 0.1) is 19.8 Å². The van der Waals surface area contributed by atoms with Gasteiger partial charge in [-0.3, -0.25) is 4.79 Å². The van der Waals surface area contributed by atoms with Crippen molar-refractivity contribution in [3.05, 3.63) is 34.9 Å². The normalized spacial score (nSPS) is 16.1. The van der Waals surface area contributed by atoms with E-state index in [4.69, 9.17) is 0 Å². The molecule has 1 aliphatic rings. The quantitative estimate of drug-likeness (QED) is 0.857. The third-order valence-corrected chi connectivity index (χ3v) is 6.27. The van der Waals surface area contributed by atoms with Crippen LogP contribution < -0.4 is 0 Å². The number of sulfone groups is 1. The van der Waals surface area contributed by atoms with Gasteiger partial charge in [-0.1, -0.05) is 31.5 Å². The van der Waals surface area contributed by atoms with Gasteiger partial charge in [0.2, 0.25) is 0 Å². The molecule has 0 unspecified atom stereocenters. The summed E-state index contributed by atoms with van der Waals surface area (Å²) >= 11 is 0. The monoisotopic (exact) mass is 309 g/mol. The maximum atomic E-state index is 12.4. The SMILES string of the molecule is Cc1ccc(C(=O)N2CC(S(=O)(=O)CC(C)C)C2)c(C)c1. The fraction of sp³-hybridized carbons (Fsp3) is 0.562. The third-order valence-electron chi connectivity index (χ3n) is 3.82. The van der Waals surface area contributed by atoms with Crippen LogP contribution in [0.5, 0.6) is 0 Å². The molecule has 0 aromatic heterocycles. The molecule has 2 rings (SSSR count). The molecule has 1 fully saturated rings. The van der Waals surface area contributed by atoms with Crippen molar-refractivity contribution in [2.24, 2.45) is 5.92 Å². The Hall–Kier alpha value is -1.36. The highest BCUT2D eigenvalue weighted by Crippen LogP contribution is 2.22. The van der Waals surface area contributed by atoms with E-state index in [0.717, 1.165) is 11.1 Å². The van der Waals surface area contributed by atoms with Crippen molar-refractivity contribution in [1.82, 2.24) is 4.90 Å². The molecule has 1 aromatic carbocycles. The number of aryl methyl sites for hydroxylation is 2. The number of likely N-dealkylation sites (tertiary alicyclic amines) is 1. The van der Waals surface area contributed by atoms with Crippen LogP contribution in [0.1, 0.15) is 35.3 Å². The summed E-state index contributed by atoms with van der Waals surface area (Å²) in [6.07, 6.45) is 0. The lowest BCUT2D eigenvalue weighted by Crippen LogP contribution is -2.57. The van der Waals surface area contributed by atoms with Gasteiger partial charge in [-0.2, -0.15) is 0 Å². The van der Waals surface area contributed by atoms with E-state index in [9.17, 15) is 13.2 Å². The molecule has 1 aliphatic heterocycles. The van der Waals surface area contributed by atoms with Crippen LogP contribution in [0.15, 0.2) is 18.2 Å². The Morgan fingerprint density at radius 1 is 1.29 bits per heavy atom. The Balaban J connectivity index is 2.03. The molecule has 5 heteroatoms. The number of carbonyl (C=O) groups excluding carboxylic acids is 1. The number of amides is 1. The van der Waals surface area contributed by atoms with Crippen molar-refractivity contribution < 1.29 is 13.2 Å². The molecule has 0 atom stereocenters. The van der Waals surface area contributed by atoms with E-state index < -0.39 is 15.1 Å². The molecular weight excluding hydrogens is 286 g/mol. The van der Waals surface area contributed by atoms with Crippen LogP contribution in [0.3, 0.4) is 0 Å². The Morgan fingerprint density at radius 2 is 1.90 bits per heavy atom. The van der Waals surface area contributed by atoms with Gasteiger partial charge in [0.1, 0.15) is 0 Å². The average Bonchev–Trinajstić information content (AvgIpc) is 2.23. The number of hydrogen-bond acceptors (Lipinski definition) is 3. The maximum absolute atomic E-state index is 12.4. The Bertz CT molecular complexity index is 643. The fourth-order valence-corrected chi connectivity index (χ4v) is 4.67. The molecule has 1 amide bonds. The highest BCUT2D eigenvalue weighted by Gasteiger charge is 2.40. The first-order valence-electron chi connectivity index (χ1n) is 7.29. The van der Waals surface area contributed by atoms with Crippen molar-refractivity contribution in [3.8, 4) is 0 Å². The Kier molecular flexibility index (Phi) is 4.42. The zero-order chi connectivity index (χ0) is 15.8. The van der Waals surface area contributed by atoms with E-state index in [2.05, 4.69) is 0 Å². The third kappa shape index (κ3) is 3.46. The van der Waals surface area contributed by atoms with Gasteiger partial charge in [-0.15, -0.1) is 0 Å². The maximum Gasteiger partial charge on any atom is 0.254 e. The van der Waals surface area contributed by atoms with Gasteiger partial charge in [0, 0.05) is 18.7 Å². The first kappa shape index (κ1) is 16.0. The predicted octanol–water partition coefficient (Wildman–Crippen LogP) is 2.20. The minimum Gasteiger partial charge on any atom is -0.336 e. The van der Waals surface area contributed by atoms with E-state index in [-0.39, 0.29) is 17.6 Å². The van der Waals surface area contributed by atoms with Crippen LogP contribution in [0.25, 0.3) is 0 Å². The van der Waals surface area contributed by atoms with Crippen molar-refractivity contribution >= 4 is 15.7 Å². The zero-order valence-electron chi connectivity index (χ0n) is 13.1. The van der Waals surface area contributed by atoms with Crippen molar-refractivity contribution in [2.45, 2.75) is 32.9 Å². The second-order valence-corrected chi connectivity index (χ2v) is 8.70. The summed E-state index contributed by atoms with van der Waals surface area (Å²) < 4.78 is 24.2. The van der Waals surface area contributed by atoms with E-state index in [0.29, 0.717) is 18.7 Å². The van der Waals surface area contributed by atoms with Crippen LogP contribution in [0.4, 0.5) is 0 Å². The molecule has 1 aromatic rings. The summed E-state index contributed by atoms with van der Waals surface area (Å²) in [7, 11) is -3.08. The lowest BCUT2D eigenvalue weighted by atomic mass is 10.0. The van der Waals surface area contributed by atoms with Crippen LogP contribution in [-0.4, -0.2) is 43.3 Å². The van der Waals surface area contributed by atoms with Crippen LogP contribution in [0.2, 0.25) is 0 Å². The van der Waals surface area contributed by atoms with E-state index in [1.165, 1.54) is 0 Å². The van der Waals surface area contributed by atoms with Gasteiger partial charge in [0.05, 0.1) is 11.0 Å². The lowest BCUT2D eigenvalue weighted by Gasteiger charge is -2.39. The van der Waals surface area contributed by atoms with E-state index in [1.54, 1.807) is 4.90 Å². The van der Waals surface area contributed by atoms with Crippen LogP contribution >= 0.6 is 0 Å². The zero-order valence-corrected chi connectivity index (χ0v) is 13.9. The number of rotatable bonds is 4. The molecule has 4 nitrogen and oxygen atoms in total. The second-order valence-electron chi connectivity index (χ2n) is 6.37. The molecule has 21 heavy (non-hydrogen) atoms. The largest absolute Gasteiger partial charge is 0.336 e. The Morgan fingerprint density at radius 3 is 2.43 bits per heavy atom. The summed E-state index contributed by atoms with van der Waals surface area (Å²) in [6.45, 7) is 8.33. The number of carbonyl (C=O) groups is 1. The van der Waals surface area contributed by atoms with Gasteiger partial charge in [0.25, 0.3) is 5.91 Å². The highest BCUT2D eigenvalue weighted by atomic mass is 32.2. The minimum absolute atomic E-state index is 0.0662. The summed E-state index contributed by atoms with van der Waals surface area (Å²) in [6, 6.07) is 5.70. The van der Waals surface area contributed by atoms with Gasteiger partial charge in [-0.25, -0.2) is 8.42 Å². The fourth-order valence-electron chi connectivity index (χ4n) is 2.66.